The lowest BCUT2D eigenvalue weighted by atomic mass is 10.0. The Morgan fingerprint density at radius 2 is 1.62 bits per heavy atom. The molecule has 1 aliphatic heterocycles. The summed E-state index contributed by atoms with van der Waals surface area (Å²) in [5.74, 6) is 0.397. The van der Waals surface area contributed by atoms with Crippen molar-refractivity contribution in [2.24, 2.45) is 0 Å². The van der Waals surface area contributed by atoms with Crippen LogP contribution in [0.2, 0.25) is 0 Å². The van der Waals surface area contributed by atoms with E-state index in [9.17, 15) is 8.42 Å². The van der Waals surface area contributed by atoms with E-state index in [0.717, 1.165) is 38.0 Å². The maximum absolute atomic E-state index is 12.6. The van der Waals surface area contributed by atoms with E-state index in [1.165, 1.54) is 5.56 Å². The van der Waals surface area contributed by atoms with Gasteiger partial charge in [0.1, 0.15) is 0 Å². The Morgan fingerprint density at radius 3 is 2.19 bits per heavy atom. The van der Waals surface area contributed by atoms with Gasteiger partial charge >= 0.3 is 0 Å². The summed E-state index contributed by atoms with van der Waals surface area (Å²) in [5, 5.41) is 0. The van der Waals surface area contributed by atoms with Crippen molar-refractivity contribution in [3.8, 4) is 0 Å². The van der Waals surface area contributed by atoms with E-state index < -0.39 is 10.0 Å². The Kier molecular flexibility index (Phi) is 6.12. The molecule has 0 radical (unpaired) electrons. The Hall–Kier alpha value is -1.69. The van der Waals surface area contributed by atoms with Crippen molar-refractivity contribution in [1.29, 1.82) is 0 Å². The lowest BCUT2D eigenvalue weighted by Gasteiger charge is -2.32. The second-order valence-electron chi connectivity index (χ2n) is 7.38. The van der Waals surface area contributed by atoms with Crippen molar-refractivity contribution in [1.82, 2.24) is 9.62 Å². The number of sulfonamides is 1. The molecule has 1 N–H and O–H groups in total. The third kappa shape index (κ3) is 4.93. The van der Waals surface area contributed by atoms with Crippen molar-refractivity contribution in [3.05, 3.63) is 65.7 Å². The fourth-order valence-corrected chi connectivity index (χ4v) is 4.67. The van der Waals surface area contributed by atoms with E-state index in [1.807, 2.05) is 18.2 Å². The lowest BCUT2D eigenvalue weighted by molar-refractivity contribution is 0.200. The van der Waals surface area contributed by atoms with E-state index in [1.54, 1.807) is 12.1 Å². The summed E-state index contributed by atoms with van der Waals surface area (Å²) in [6.07, 6.45) is 1.69. The zero-order valence-electron chi connectivity index (χ0n) is 15.6. The summed E-state index contributed by atoms with van der Waals surface area (Å²) in [5.41, 5.74) is 2.45. The molecule has 1 aliphatic rings. The number of hydrogen-bond acceptors (Lipinski definition) is 3. The van der Waals surface area contributed by atoms with Crippen LogP contribution in [0.4, 0.5) is 0 Å². The minimum Gasteiger partial charge on any atom is -0.299 e. The fourth-order valence-electron chi connectivity index (χ4n) is 3.37. The van der Waals surface area contributed by atoms with Gasteiger partial charge in [0, 0.05) is 25.7 Å². The molecule has 2 aromatic carbocycles. The van der Waals surface area contributed by atoms with Gasteiger partial charge in [0.15, 0.2) is 0 Å². The Bertz CT molecular complexity index is 794. The third-order valence-corrected chi connectivity index (χ3v) is 6.55. The lowest BCUT2D eigenvalue weighted by Crippen LogP contribution is -2.44. The average Bonchev–Trinajstić information content (AvgIpc) is 2.64. The normalized spacial score (nSPS) is 16.9. The van der Waals surface area contributed by atoms with Crippen molar-refractivity contribution in [2.75, 3.05) is 13.1 Å². The van der Waals surface area contributed by atoms with E-state index in [-0.39, 0.29) is 6.04 Å². The zero-order valence-corrected chi connectivity index (χ0v) is 16.4. The molecule has 2 aromatic rings. The average molecular weight is 373 g/mol. The summed E-state index contributed by atoms with van der Waals surface area (Å²) < 4.78 is 28.1. The molecular formula is C21H28N2O2S. The van der Waals surface area contributed by atoms with Crippen molar-refractivity contribution >= 4 is 10.0 Å². The van der Waals surface area contributed by atoms with Crippen LogP contribution in [0.3, 0.4) is 0 Å². The molecule has 5 heteroatoms. The fraction of sp³-hybridized carbons (Fsp3) is 0.429. The molecule has 0 spiro atoms. The molecule has 0 unspecified atom stereocenters. The molecule has 3 rings (SSSR count). The zero-order chi connectivity index (χ0) is 18.6. The van der Waals surface area contributed by atoms with Gasteiger partial charge in [0.25, 0.3) is 0 Å². The summed E-state index contributed by atoms with van der Waals surface area (Å²) in [4.78, 5) is 2.74. The van der Waals surface area contributed by atoms with Gasteiger partial charge in [-0.25, -0.2) is 13.1 Å². The van der Waals surface area contributed by atoms with Crippen LogP contribution in [-0.2, 0) is 16.6 Å². The Morgan fingerprint density at radius 1 is 1.00 bits per heavy atom. The highest BCUT2D eigenvalue weighted by Crippen LogP contribution is 2.19. The van der Waals surface area contributed by atoms with Crippen LogP contribution in [0.5, 0.6) is 0 Å². The van der Waals surface area contributed by atoms with Crippen LogP contribution in [0.15, 0.2) is 59.5 Å². The Balaban J connectivity index is 1.54. The first kappa shape index (κ1) is 19.1. The summed E-state index contributed by atoms with van der Waals surface area (Å²) in [6, 6.07) is 17.6. The quantitative estimate of drug-likeness (QED) is 0.840. The first-order chi connectivity index (χ1) is 12.4. The summed E-state index contributed by atoms with van der Waals surface area (Å²) >= 11 is 0. The summed E-state index contributed by atoms with van der Waals surface area (Å²) in [6.45, 7) is 6.95. The first-order valence-electron chi connectivity index (χ1n) is 9.32. The Labute approximate surface area is 157 Å². The topological polar surface area (TPSA) is 49.4 Å². The second-order valence-corrected chi connectivity index (χ2v) is 9.10. The van der Waals surface area contributed by atoms with Crippen LogP contribution >= 0.6 is 0 Å². The van der Waals surface area contributed by atoms with Crippen LogP contribution in [-0.4, -0.2) is 32.4 Å². The van der Waals surface area contributed by atoms with Gasteiger partial charge in [0.2, 0.25) is 10.0 Å². The van der Waals surface area contributed by atoms with Crippen LogP contribution in [0, 0.1) is 0 Å². The van der Waals surface area contributed by atoms with Gasteiger partial charge in [-0.05, 0) is 42.0 Å². The van der Waals surface area contributed by atoms with Gasteiger partial charge in [-0.3, -0.25) is 4.90 Å². The first-order valence-corrected chi connectivity index (χ1v) is 10.8. The van der Waals surface area contributed by atoms with Crippen molar-refractivity contribution in [3.63, 3.8) is 0 Å². The highest BCUT2D eigenvalue weighted by Gasteiger charge is 2.24. The number of benzene rings is 2. The number of rotatable bonds is 6. The minimum absolute atomic E-state index is 0.0109. The number of piperidine rings is 1. The van der Waals surface area contributed by atoms with E-state index >= 15 is 0 Å². The monoisotopic (exact) mass is 372 g/mol. The van der Waals surface area contributed by atoms with Crippen LogP contribution < -0.4 is 4.72 Å². The molecule has 0 aliphatic carbocycles. The minimum atomic E-state index is -3.45. The SMILES string of the molecule is CC(C)c1ccc(S(=O)(=O)NC2CCN(Cc3ccccc3)CC2)cc1. The molecule has 26 heavy (non-hydrogen) atoms. The van der Waals surface area contributed by atoms with Crippen molar-refractivity contribution < 1.29 is 8.42 Å². The van der Waals surface area contributed by atoms with Crippen molar-refractivity contribution in [2.45, 2.75) is 50.1 Å². The van der Waals surface area contributed by atoms with Crippen LogP contribution in [0.1, 0.15) is 43.7 Å². The van der Waals surface area contributed by atoms with Gasteiger partial charge in [-0.15, -0.1) is 0 Å². The molecule has 1 saturated heterocycles. The van der Waals surface area contributed by atoms with E-state index in [0.29, 0.717) is 10.8 Å². The molecular weight excluding hydrogens is 344 g/mol. The molecule has 4 nitrogen and oxygen atoms in total. The van der Waals surface area contributed by atoms with E-state index in [4.69, 9.17) is 0 Å². The molecule has 1 heterocycles. The molecule has 0 amide bonds. The predicted molar refractivity (Wildman–Crippen MR) is 106 cm³/mol. The highest BCUT2D eigenvalue weighted by molar-refractivity contribution is 7.89. The standard InChI is InChI=1S/C21H28N2O2S/c1-17(2)19-8-10-21(11-9-19)26(24,25)22-20-12-14-23(15-13-20)16-18-6-4-3-5-7-18/h3-11,17,20,22H,12-16H2,1-2H3. The van der Waals surface area contributed by atoms with Gasteiger partial charge in [-0.2, -0.15) is 0 Å². The van der Waals surface area contributed by atoms with E-state index in [2.05, 4.69) is 47.7 Å². The number of nitrogens with one attached hydrogen (secondary N) is 1. The highest BCUT2D eigenvalue weighted by atomic mass is 32.2. The van der Waals surface area contributed by atoms with Gasteiger partial charge in [-0.1, -0.05) is 56.3 Å². The molecule has 0 aromatic heterocycles. The number of nitrogens with zero attached hydrogens (tertiary/aromatic N) is 1. The molecule has 0 atom stereocenters. The number of hydrogen-bond donors (Lipinski definition) is 1. The third-order valence-electron chi connectivity index (χ3n) is 5.02. The second kappa shape index (κ2) is 8.33. The molecule has 0 bridgehead atoms. The summed E-state index contributed by atoms with van der Waals surface area (Å²) in [7, 11) is -3.45. The maximum Gasteiger partial charge on any atom is 0.240 e. The molecule has 1 fully saturated rings. The van der Waals surface area contributed by atoms with Gasteiger partial charge < -0.3 is 0 Å². The number of likely N-dealkylation sites (tertiary alicyclic amines) is 1. The predicted octanol–water partition coefficient (Wildman–Crippen LogP) is 3.75. The largest absolute Gasteiger partial charge is 0.299 e. The molecule has 140 valence electrons. The maximum atomic E-state index is 12.6. The molecule has 0 saturated carbocycles. The smallest absolute Gasteiger partial charge is 0.240 e. The van der Waals surface area contributed by atoms with Crippen LogP contribution in [0.25, 0.3) is 0 Å². The van der Waals surface area contributed by atoms with Gasteiger partial charge in [0.05, 0.1) is 4.90 Å².